The molecule has 0 aromatic heterocycles. The topological polar surface area (TPSA) is 44.4 Å². The minimum Gasteiger partial charge on any atom is -0.339 e. The van der Waals surface area contributed by atoms with Gasteiger partial charge in [-0.15, -0.1) is 0 Å². The molecular weight excluding hydrogens is 442 g/mol. The van der Waals surface area contributed by atoms with Crippen molar-refractivity contribution in [1.82, 2.24) is 15.5 Å². The summed E-state index contributed by atoms with van der Waals surface area (Å²) in [4.78, 5) is 15.6. The Morgan fingerprint density at radius 2 is 1.31 bits per heavy atom. The molecule has 0 bridgehead atoms. The fourth-order valence-corrected chi connectivity index (χ4v) is 5.62. The molecule has 194 valence electrons. The van der Waals surface area contributed by atoms with E-state index in [1.54, 1.807) is 0 Å². The van der Waals surface area contributed by atoms with Gasteiger partial charge < -0.3 is 15.5 Å². The van der Waals surface area contributed by atoms with E-state index in [0.717, 1.165) is 68.2 Å². The standard InChI is InChI=1S/C32H45N3O/c36-32(31(30-16-8-3-9-17-30)24-27-12-4-1-5-13-27)35-22-18-29(19-23-35)26-34-21-11-10-20-33-25-28-14-6-2-7-15-28/h1,3-5,8-9,12-13,16-17,24,28-29,33-34H,2,6-7,10-11,14-15,18-23,25-26H2. The summed E-state index contributed by atoms with van der Waals surface area (Å²) in [6.07, 6.45) is 13.8. The number of nitrogens with one attached hydrogen (secondary N) is 2. The van der Waals surface area contributed by atoms with Gasteiger partial charge in [-0.2, -0.15) is 0 Å². The molecule has 4 rings (SSSR count). The van der Waals surface area contributed by atoms with Gasteiger partial charge in [0.1, 0.15) is 0 Å². The van der Waals surface area contributed by atoms with E-state index >= 15 is 0 Å². The molecule has 1 aliphatic heterocycles. The molecule has 36 heavy (non-hydrogen) atoms. The van der Waals surface area contributed by atoms with E-state index in [4.69, 9.17) is 0 Å². The van der Waals surface area contributed by atoms with Gasteiger partial charge in [0.15, 0.2) is 0 Å². The van der Waals surface area contributed by atoms with E-state index in [0.29, 0.717) is 5.92 Å². The Hall–Kier alpha value is -2.43. The van der Waals surface area contributed by atoms with Crippen LogP contribution in [-0.4, -0.2) is 50.1 Å². The van der Waals surface area contributed by atoms with Crippen LogP contribution in [0.5, 0.6) is 0 Å². The van der Waals surface area contributed by atoms with Crippen LogP contribution in [0.15, 0.2) is 60.7 Å². The average Bonchev–Trinajstić information content (AvgIpc) is 2.95. The van der Waals surface area contributed by atoms with Crippen LogP contribution < -0.4 is 10.6 Å². The first-order valence-electron chi connectivity index (χ1n) is 14.3. The molecular formula is C32H45N3O. The molecule has 4 nitrogen and oxygen atoms in total. The van der Waals surface area contributed by atoms with Gasteiger partial charge in [0.25, 0.3) is 5.91 Å². The quantitative estimate of drug-likeness (QED) is 0.219. The second-order valence-corrected chi connectivity index (χ2v) is 10.7. The molecule has 0 radical (unpaired) electrons. The number of amides is 1. The van der Waals surface area contributed by atoms with Gasteiger partial charge >= 0.3 is 0 Å². The third kappa shape index (κ3) is 8.60. The highest BCUT2D eigenvalue weighted by Crippen LogP contribution is 2.25. The SMILES string of the molecule is O=C(C(=Cc1ccccc1)c1ccccc1)N1CCC(CNCCCCNCC2CCCCC2)CC1. The molecule has 1 saturated carbocycles. The second kappa shape index (κ2) is 15.0. The number of rotatable bonds is 12. The Labute approximate surface area is 218 Å². The van der Waals surface area contributed by atoms with Gasteiger partial charge in [-0.1, -0.05) is 79.9 Å². The summed E-state index contributed by atoms with van der Waals surface area (Å²) in [7, 11) is 0. The lowest BCUT2D eigenvalue weighted by Crippen LogP contribution is -2.41. The van der Waals surface area contributed by atoms with Crippen molar-refractivity contribution in [2.24, 2.45) is 11.8 Å². The van der Waals surface area contributed by atoms with Gasteiger partial charge in [-0.25, -0.2) is 0 Å². The van der Waals surface area contributed by atoms with E-state index in [1.165, 1.54) is 51.5 Å². The Bertz CT molecular complexity index is 913. The number of nitrogens with zero attached hydrogens (tertiary/aromatic N) is 1. The van der Waals surface area contributed by atoms with Crippen LogP contribution in [0.25, 0.3) is 11.6 Å². The van der Waals surface area contributed by atoms with Crippen LogP contribution in [0.1, 0.15) is 68.9 Å². The molecule has 2 N–H and O–H groups in total. The molecule has 0 unspecified atom stereocenters. The molecule has 2 aliphatic rings. The van der Waals surface area contributed by atoms with E-state index in [9.17, 15) is 4.79 Å². The molecule has 0 spiro atoms. The lowest BCUT2D eigenvalue weighted by molar-refractivity contribution is -0.126. The van der Waals surface area contributed by atoms with Crippen molar-refractivity contribution in [1.29, 1.82) is 0 Å². The largest absolute Gasteiger partial charge is 0.339 e. The number of benzene rings is 2. The van der Waals surface area contributed by atoms with Crippen molar-refractivity contribution < 1.29 is 4.79 Å². The van der Waals surface area contributed by atoms with Crippen molar-refractivity contribution in [2.45, 2.75) is 57.8 Å². The minimum atomic E-state index is 0.150. The number of likely N-dealkylation sites (tertiary alicyclic amines) is 1. The van der Waals surface area contributed by atoms with Gasteiger partial charge in [0.2, 0.25) is 0 Å². The van der Waals surface area contributed by atoms with Gasteiger partial charge in [0, 0.05) is 18.7 Å². The first-order valence-corrected chi connectivity index (χ1v) is 14.3. The van der Waals surface area contributed by atoms with E-state index in [1.807, 2.05) is 54.6 Å². The van der Waals surface area contributed by atoms with Crippen molar-refractivity contribution in [2.75, 3.05) is 39.3 Å². The maximum absolute atomic E-state index is 13.5. The minimum absolute atomic E-state index is 0.150. The molecule has 2 aromatic rings. The molecule has 1 saturated heterocycles. The lowest BCUT2D eigenvalue weighted by Gasteiger charge is -2.33. The van der Waals surface area contributed by atoms with Crippen LogP contribution in [0.3, 0.4) is 0 Å². The van der Waals surface area contributed by atoms with Crippen LogP contribution >= 0.6 is 0 Å². The van der Waals surface area contributed by atoms with Crippen LogP contribution in [0, 0.1) is 11.8 Å². The van der Waals surface area contributed by atoms with Crippen LogP contribution in [0.4, 0.5) is 0 Å². The van der Waals surface area contributed by atoms with E-state index < -0.39 is 0 Å². The van der Waals surface area contributed by atoms with Gasteiger partial charge in [-0.05, 0) is 93.7 Å². The lowest BCUT2D eigenvalue weighted by atomic mass is 9.89. The maximum Gasteiger partial charge on any atom is 0.254 e. The molecule has 0 atom stereocenters. The Balaban J connectivity index is 1.15. The van der Waals surface area contributed by atoms with Gasteiger partial charge in [-0.3, -0.25) is 4.79 Å². The van der Waals surface area contributed by atoms with E-state index in [-0.39, 0.29) is 5.91 Å². The Morgan fingerprint density at radius 1 is 0.750 bits per heavy atom. The number of hydrogen-bond acceptors (Lipinski definition) is 3. The molecule has 1 aliphatic carbocycles. The normalized spacial score (nSPS) is 17.9. The summed E-state index contributed by atoms with van der Waals surface area (Å²) in [5.74, 6) is 1.74. The first kappa shape index (κ1) is 26.6. The zero-order chi connectivity index (χ0) is 24.8. The van der Waals surface area contributed by atoms with Crippen LogP contribution in [0.2, 0.25) is 0 Å². The Kier molecular flexibility index (Phi) is 11.1. The van der Waals surface area contributed by atoms with Crippen molar-refractivity contribution in [3.05, 3.63) is 71.8 Å². The third-order valence-electron chi connectivity index (χ3n) is 7.88. The smallest absolute Gasteiger partial charge is 0.254 e. The summed E-state index contributed by atoms with van der Waals surface area (Å²) in [6, 6.07) is 20.2. The molecule has 1 heterocycles. The number of piperidine rings is 1. The number of carbonyl (C=O) groups excluding carboxylic acids is 1. The van der Waals surface area contributed by atoms with Crippen molar-refractivity contribution in [3.8, 4) is 0 Å². The van der Waals surface area contributed by atoms with Crippen molar-refractivity contribution >= 4 is 17.6 Å². The number of hydrogen-bond donors (Lipinski definition) is 2. The molecule has 4 heteroatoms. The summed E-state index contributed by atoms with van der Waals surface area (Å²) >= 11 is 0. The monoisotopic (exact) mass is 487 g/mol. The number of unbranched alkanes of at least 4 members (excludes halogenated alkanes) is 1. The number of carbonyl (C=O) groups is 1. The highest BCUT2D eigenvalue weighted by atomic mass is 16.2. The summed E-state index contributed by atoms with van der Waals surface area (Å²) in [6.45, 7) is 6.23. The summed E-state index contributed by atoms with van der Waals surface area (Å²) < 4.78 is 0. The second-order valence-electron chi connectivity index (χ2n) is 10.7. The zero-order valence-electron chi connectivity index (χ0n) is 22.0. The highest BCUT2D eigenvalue weighted by Gasteiger charge is 2.25. The van der Waals surface area contributed by atoms with Crippen LogP contribution in [-0.2, 0) is 4.79 Å². The molecule has 2 fully saturated rings. The molecule has 1 amide bonds. The highest BCUT2D eigenvalue weighted by molar-refractivity contribution is 6.24. The summed E-state index contributed by atoms with van der Waals surface area (Å²) in [5.41, 5.74) is 2.84. The van der Waals surface area contributed by atoms with E-state index in [2.05, 4.69) is 27.7 Å². The van der Waals surface area contributed by atoms with Gasteiger partial charge in [0.05, 0.1) is 0 Å². The first-order chi connectivity index (χ1) is 17.8. The zero-order valence-corrected chi connectivity index (χ0v) is 22.0. The molecule has 2 aromatic carbocycles. The predicted molar refractivity (Wildman–Crippen MR) is 152 cm³/mol. The fourth-order valence-electron chi connectivity index (χ4n) is 5.62. The Morgan fingerprint density at radius 3 is 1.92 bits per heavy atom. The average molecular weight is 488 g/mol. The predicted octanol–water partition coefficient (Wildman–Crippen LogP) is 6.01. The maximum atomic E-state index is 13.5. The van der Waals surface area contributed by atoms with Crippen molar-refractivity contribution in [3.63, 3.8) is 0 Å². The third-order valence-corrected chi connectivity index (χ3v) is 7.88. The summed E-state index contributed by atoms with van der Waals surface area (Å²) in [5, 5.41) is 7.36. The fraction of sp³-hybridized carbons (Fsp3) is 0.531.